The zero-order chi connectivity index (χ0) is 24.8. The number of benzene rings is 2. The van der Waals surface area contributed by atoms with Crippen molar-refractivity contribution in [1.82, 2.24) is 19.2 Å². The lowest BCUT2D eigenvalue weighted by Crippen LogP contribution is -2.35. The summed E-state index contributed by atoms with van der Waals surface area (Å²) >= 11 is 0. The summed E-state index contributed by atoms with van der Waals surface area (Å²) in [5.74, 6) is 1.12. The minimum absolute atomic E-state index is 0.0194. The molecule has 0 aliphatic carbocycles. The van der Waals surface area contributed by atoms with E-state index in [9.17, 15) is 26.4 Å². The molecule has 0 bridgehead atoms. The summed E-state index contributed by atoms with van der Waals surface area (Å²) in [4.78, 5) is 23.0. The summed E-state index contributed by atoms with van der Waals surface area (Å²) in [6.45, 7) is 1.83. The van der Waals surface area contributed by atoms with E-state index in [-0.39, 0.29) is 30.3 Å². The number of alkyl halides is 3. The average Bonchev–Trinajstić information content (AvgIpc) is 3.07. The Morgan fingerprint density at radius 3 is 2.60 bits per heavy atom. The molecular weight excluding hydrogens is 483 g/mol. The Hall–Kier alpha value is -3.09. The van der Waals surface area contributed by atoms with Crippen LogP contribution in [0.25, 0.3) is 10.9 Å². The predicted molar refractivity (Wildman–Crippen MR) is 122 cm³/mol. The summed E-state index contributed by atoms with van der Waals surface area (Å²) in [6, 6.07) is 9.19. The number of carbonyl (C=O) groups excluding carboxylic acids is 1. The van der Waals surface area contributed by atoms with E-state index in [0.29, 0.717) is 60.2 Å². The van der Waals surface area contributed by atoms with Gasteiger partial charge < -0.3 is 5.32 Å². The Bertz CT molecular complexity index is 1410. The molecule has 2 aromatic carbocycles. The van der Waals surface area contributed by atoms with Crippen LogP contribution in [0.2, 0.25) is 0 Å². The molecule has 1 N–H and O–H groups in total. The molecule has 0 amide bonds. The number of rotatable bonds is 4. The van der Waals surface area contributed by atoms with Crippen LogP contribution in [0.3, 0.4) is 0 Å². The number of hydrogen-bond acceptors (Lipinski definition) is 7. The van der Waals surface area contributed by atoms with E-state index in [2.05, 4.69) is 15.3 Å². The SMILES string of the molecule is O=C1CNc2nc(CN3CCCN(S(=O)(=O)c4cccc(C(F)(F)F)c4)CC3)nc3cccc1c23. The fourth-order valence-corrected chi connectivity index (χ4v) is 5.97. The summed E-state index contributed by atoms with van der Waals surface area (Å²) in [7, 11) is -4.07. The second-order valence-corrected chi connectivity index (χ2v) is 10.5. The van der Waals surface area contributed by atoms with Crippen LogP contribution in [-0.4, -0.2) is 66.1 Å². The highest BCUT2D eigenvalue weighted by Gasteiger charge is 2.33. The maximum absolute atomic E-state index is 13.1. The number of Topliss-reactive ketones (excluding diaryl/α,β-unsaturated/α-hetero) is 1. The number of halogens is 3. The number of carbonyl (C=O) groups is 1. The molecule has 0 saturated carbocycles. The second-order valence-electron chi connectivity index (χ2n) is 8.52. The molecule has 3 aromatic rings. The Labute approximate surface area is 199 Å². The largest absolute Gasteiger partial charge is 0.416 e. The highest BCUT2D eigenvalue weighted by atomic mass is 32.2. The first-order chi connectivity index (χ1) is 16.6. The lowest BCUT2D eigenvalue weighted by atomic mass is 10.0. The minimum Gasteiger partial charge on any atom is -0.362 e. The maximum Gasteiger partial charge on any atom is 0.416 e. The van der Waals surface area contributed by atoms with E-state index in [1.807, 2.05) is 11.0 Å². The van der Waals surface area contributed by atoms with E-state index in [0.717, 1.165) is 12.1 Å². The van der Waals surface area contributed by atoms with Crippen molar-refractivity contribution in [1.29, 1.82) is 0 Å². The number of nitrogens with zero attached hydrogens (tertiary/aromatic N) is 4. The third-order valence-corrected chi connectivity index (χ3v) is 8.09. The lowest BCUT2D eigenvalue weighted by molar-refractivity contribution is -0.137. The van der Waals surface area contributed by atoms with Gasteiger partial charge in [-0.1, -0.05) is 18.2 Å². The van der Waals surface area contributed by atoms with E-state index < -0.39 is 21.8 Å². The topological polar surface area (TPSA) is 95.5 Å². The highest BCUT2D eigenvalue weighted by molar-refractivity contribution is 7.89. The summed E-state index contributed by atoms with van der Waals surface area (Å²) in [5.41, 5.74) is 0.255. The Kier molecular flexibility index (Phi) is 5.98. The van der Waals surface area contributed by atoms with Gasteiger partial charge in [-0.2, -0.15) is 17.5 Å². The van der Waals surface area contributed by atoms with Crippen LogP contribution < -0.4 is 5.32 Å². The van der Waals surface area contributed by atoms with E-state index in [4.69, 9.17) is 0 Å². The van der Waals surface area contributed by atoms with Gasteiger partial charge in [0.05, 0.1) is 34.5 Å². The molecule has 12 heteroatoms. The van der Waals surface area contributed by atoms with Gasteiger partial charge >= 0.3 is 6.18 Å². The van der Waals surface area contributed by atoms with Crippen molar-refractivity contribution in [2.45, 2.75) is 24.0 Å². The molecule has 0 atom stereocenters. The van der Waals surface area contributed by atoms with Crippen LogP contribution in [-0.2, 0) is 22.7 Å². The smallest absolute Gasteiger partial charge is 0.362 e. The van der Waals surface area contributed by atoms with Gasteiger partial charge in [0.1, 0.15) is 11.6 Å². The molecule has 2 aliphatic rings. The van der Waals surface area contributed by atoms with Gasteiger partial charge in [-0.25, -0.2) is 18.4 Å². The molecule has 2 aliphatic heterocycles. The van der Waals surface area contributed by atoms with Gasteiger partial charge in [-0.15, -0.1) is 0 Å². The third-order valence-electron chi connectivity index (χ3n) is 6.20. The fraction of sp³-hybridized carbons (Fsp3) is 0.348. The minimum atomic E-state index is -4.62. The van der Waals surface area contributed by atoms with Crippen molar-refractivity contribution in [2.24, 2.45) is 0 Å². The van der Waals surface area contributed by atoms with Gasteiger partial charge in [0, 0.05) is 25.2 Å². The molecule has 5 rings (SSSR count). The van der Waals surface area contributed by atoms with Crippen molar-refractivity contribution in [3.8, 4) is 0 Å². The van der Waals surface area contributed by atoms with Crippen LogP contribution in [0.15, 0.2) is 47.4 Å². The molecule has 0 radical (unpaired) electrons. The molecule has 0 unspecified atom stereocenters. The quantitative estimate of drug-likeness (QED) is 0.582. The van der Waals surface area contributed by atoms with Crippen LogP contribution in [0.1, 0.15) is 28.2 Å². The zero-order valence-corrected chi connectivity index (χ0v) is 19.4. The average molecular weight is 506 g/mol. The van der Waals surface area contributed by atoms with E-state index in [1.165, 1.54) is 10.4 Å². The standard InChI is InChI=1S/C23H22F3N5O3S/c24-23(25,26)15-4-1-5-16(12-15)35(33,34)31-9-3-8-30(10-11-31)14-20-28-18-7-2-6-17-19(32)13-27-22(29-20)21(17)18/h1-2,4-7,12H,3,8-11,13-14H2,(H,27,28,29). The van der Waals surface area contributed by atoms with Crippen LogP contribution in [0.4, 0.5) is 19.0 Å². The predicted octanol–water partition coefficient (Wildman–Crippen LogP) is 3.15. The number of ketones is 1. The Morgan fingerprint density at radius 1 is 1.00 bits per heavy atom. The van der Waals surface area contributed by atoms with Gasteiger partial charge in [0.25, 0.3) is 0 Å². The molecule has 35 heavy (non-hydrogen) atoms. The molecule has 3 heterocycles. The monoisotopic (exact) mass is 505 g/mol. The molecular formula is C23H22F3N5O3S. The number of anilines is 1. The first kappa shape index (κ1) is 23.6. The fourth-order valence-electron chi connectivity index (χ4n) is 4.45. The Morgan fingerprint density at radius 2 is 1.80 bits per heavy atom. The number of nitrogens with one attached hydrogen (secondary N) is 1. The van der Waals surface area contributed by atoms with Crippen molar-refractivity contribution in [3.05, 3.63) is 59.4 Å². The number of hydrogen-bond donors (Lipinski definition) is 1. The summed E-state index contributed by atoms with van der Waals surface area (Å²) in [5, 5.41) is 3.74. The van der Waals surface area contributed by atoms with Crippen molar-refractivity contribution < 1.29 is 26.4 Å². The molecule has 1 fully saturated rings. The number of sulfonamides is 1. The number of aromatic nitrogens is 2. The van der Waals surface area contributed by atoms with Crippen LogP contribution in [0.5, 0.6) is 0 Å². The van der Waals surface area contributed by atoms with Crippen molar-refractivity contribution >= 4 is 32.5 Å². The normalized spacial score (nSPS) is 17.9. The second kappa shape index (κ2) is 8.85. The first-order valence-corrected chi connectivity index (χ1v) is 12.5. The molecule has 0 spiro atoms. The third kappa shape index (κ3) is 4.60. The van der Waals surface area contributed by atoms with Gasteiger partial charge in [-0.05, 0) is 37.2 Å². The molecule has 1 saturated heterocycles. The van der Waals surface area contributed by atoms with Gasteiger partial charge in [-0.3, -0.25) is 9.69 Å². The van der Waals surface area contributed by atoms with Gasteiger partial charge in [0.15, 0.2) is 5.78 Å². The van der Waals surface area contributed by atoms with E-state index >= 15 is 0 Å². The Balaban J connectivity index is 1.33. The highest BCUT2D eigenvalue weighted by Crippen LogP contribution is 2.32. The summed E-state index contributed by atoms with van der Waals surface area (Å²) < 4.78 is 66.6. The first-order valence-electron chi connectivity index (χ1n) is 11.1. The molecule has 184 valence electrons. The lowest BCUT2D eigenvalue weighted by Gasteiger charge is -2.22. The molecule has 1 aromatic heterocycles. The maximum atomic E-state index is 13.1. The zero-order valence-electron chi connectivity index (χ0n) is 18.5. The van der Waals surface area contributed by atoms with Crippen molar-refractivity contribution in [3.63, 3.8) is 0 Å². The molecule has 8 nitrogen and oxygen atoms in total. The van der Waals surface area contributed by atoms with Crippen molar-refractivity contribution in [2.75, 3.05) is 38.0 Å². The van der Waals surface area contributed by atoms with Crippen LogP contribution >= 0.6 is 0 Å². The van der Waals surface area contributed by atoms with E-state index in [1.54, 1.807) is 12.1 Å². The van der Waals surface area contributed by atoms with Crippen LogP contribution in [0, 0.1) is 0 Å². The van der Waals surface area contributed by atoms with Gasteiger partial charge in [0.2, 0.25) is 10.0 Å². The summed E-state index contributed by atoms with van der Waals surface area (Å²) in [6.07, 6.45) is -4.11.